The average molecular weight is 620 g/mol. The molecule has 2 aromatic heterocycles. The molecule has 1 aliphatic rings. The Morgan fingerprint density at radius 2 is 1.69 bits per heavy atom. The van der Waals surface area contributed by atoms with Crippen molar-refractivity contribution < 1.29 is 4.42 Å². The molecular weight excluding hydrogens is 587 g/mol. The molecular formula is C44H33N3O. The quantitative estimate of drug-likeness (QED) is 0.104. The van der Waals surface area contributed by atoms with Crippen LogP contribution in [0.2, 0.25) is 0 Å². The van der Waals surface area contributed by atoms with E-state index in [0.717, 1.165) is 84.7 Å². The van der Waals surface area contributed by atoms with Crippen LogP contribution in [0.3, 0.4) is 0 Å². The Hall–Kier alpha value is -6.18. The third-order valence-electron chi connectivity index (χ3n) is 8.97. The molecule has 4 nitrogen and oxygen atoms in total. The molecule has 8 rings (SSSR count). The lowest BCUT2D eigenvalue weighted by Gasteiger charge is -2.11. The van der Waals surface area contributed by atoms with Crippen molar-refractivity contribution in [2.75, 3.05) is 0 Å². The van der Waals surface area contributed by atoms with Gasteiger partial charge >= 0.3 is 0 Å². The zero-order chi connectivity index (χ0) is 32.5. The minimum Gasteiger partial charge on any atom is -0.454 e. The van der Waals surface area contributed by atoms with Gasteiger partial charge in [0.1, 0.15) is 5.58 Å². The Morgan fingerprint density at radius 3 is 2.52 bits per heavy atom. The van der Waals surface area contributed by atoms with Crippen molar-refractivity contribution in [3.05, 3.63) is 156 Å². The first-order chi connectivity index (χ1) is 23.7. The van der Waals surface area contributed by atoms with Crippen LogP contribution < -0.4 is 0 Å². The van der Waals surface area contributed by atoms with Crippen LogP contribution in [0.4, 0.5) is 0 Å². The number of para-hydroxylation sites is 2. The van der Waals surface area contributed by atoms with Crippen LogP contribution >= 0.6 is 0 Å². The maximum absolute atomic E-state index is 6.70. The highest BCUT2D eigenvalue weighted by atomic mass is 16.3. The van der Waals surface area contributed by atoms with Crippen molar-refractivity contribution in [2.24, 2.45) is 15.9 Å². The van der Waals surface area contributed by atoms with Crippen molar-refractivity contribution in [1.82, 2.24) is 4.57 Å². The van der Waals surface area contributed by atoms with Crippen LogP contribution in [-0.2, 0) is 0 Å². The summed E-state index contributed by atoms with van der Waals surface area (Å²) in [5, 5.41) is 4.23. The van der Waals surface area contributed by atoms with Crippen molar-refractivity contribution in [3.63, 3.8) is 0 Å². The number of allylic oxidation sites excluding steroid dienone is 5. The number of aryl methyl sites for hydroxylation is 1. The van der Waals surface area contributed by atoms with Crippen LogP contribution in [0.5, 0.6) is 0 Å². The second-order valence-electron chi connectivity index (χ2n) is 12.0. The Morgan fingerprint density at radius 1 is 0.896 bits per heavy atom. The van der Waals surface area contributed by atoms with Gasteiger partial charge in [0, 0.05) is 45.1 Å². The smallest absolute Gasteiger partial charge is 0.160 e. The Bertz CT molecular complexity index is 2530. The molecule has 0 amide bonds. The predicted molar refractivity (Wildman–Crippen MR) is 202 cm³/mol. The van der Waals surface area contributed by atoms with E-state index < -0.39 is 0 Å². The summed E-state index contributed by atoms with van der Waals surface area (Å²) in [5.74, 6) is 7.32. The summed E-state index contributed by atoms with van der Waals surface area (Å²) in [6, 6.07) is 37.6. The van der Waals surface area contributed by atoms with Gasteiger partial charge in [-0.05, 0) is 61.5 Å². The molecule has 2 heterocycles. The topological polar surface area (TPSA) is 42.8 Å². The number of aromatic nitrogens is 1. The van der Waals surface area contributed by atoms with Crippen LogP contribution in [0.25, 0.3) is 55.1 Å². The van der Waals surface area contributed by atoms with Crippen molar-refractivity contribution >= 4 is 62.0 Å². The van der Waals surface area contributed by atoms with Gasteiger partial charge in [-0.15, -0.1) is 0 Å². The number of aliphatic imine (C=N–C) groups is 2. The molecule has 0 fully saturated rings. The SMILES string of the molecule is C=NC(=N/C(=C\CC1C#CC/C=C\C=C1)c1ccccc1)c1cc2c3ccccc3oc2c2c1c1c(C)cccc1n2-c1ccccc1. The van der Waals surface area contributed by atoms with Gasteiger partial charge in [0.05, 0.1) is 16.7 Å². The number of fused-ring (bicyclic) bond motifs is 7. The number of hydrogen-bond acceptors (Lipinski definition) is 2. The van der Waals surface area contributed by atoms with Gasteiger partial charge in [0.2, 0.25) is 0 Å². The average Bonchev–Trinajstić information content (AvgIpc) is 3.66. The summed E-state index contributed by atoms with van der Waals surface area (Å²) >= 11 is 0. The maximum atomic E-state index is 6.70. The largest absolute Gasteiger partial charge is 0.454 e. The number of nitrogens with zero attached hydrogens (tertiary/aromatic N) is 3. The van der Waals surface area contributed by atoms with E-state index in [1.165, 1.54) is 0 Å². The zero-order valence-electron chi connectivity index (χ0n) is 26.7. The Labute approximate surface area is 279 Å². The van der Waals surface area contributed by atoms with E-state index in [2.05, 4.69) is 138 Å². The van der Waals surface area contributed by atoms with E-state index in [4.69, 9.17) is 9.41 Å². The molecule has 5 aromatic carbocycles. The highest BCUT2D eigenvalue weighted by Gasteiger charge is 2.25. The Kier molecular flexibility index (Phi) is 7.64. The fourth-order valence-corrected chi connectivity index (χ4v) is 6.76. The van der Waals surface area contributed by atoms with Crippen LogP contribution in [0.15, 0.2) is 154 Å². The minimum atomic E-state index is 0.0934. The maximum Gasteiger partial charge on any atom is 0.160 e. The lowest BCUT2D eigenvalue weighted by Crippen LogP contribution is -2.01. The Balaban J connectivity index is 1.45. The molecule has 1 atom stereocenters. The fraction of sp³-hybridized carbons (Fsp3) is 0.0909. The summed E-state index contributed by atoms with van der Waals surface area (Å²) in [5.41, 5.74) is 8.72. The minimum absolute atomic E-state index is 0.0934. The second-order valence-corrected chi connectivity index (χ2v) is 12.0. The zero-order valence-corrected chi connectivity index (χ0v) is 26.7. The number of benzene rings is 5. The molecule has 48 heavy (non-hydrogen) atoms. The molecule has 7 aromatic rings. The number of furan rings is 1. The van der Waals surface area contributed by atoms with Gasteiger partial charge in [-0.2, -0.15) is 0 Å². The van der Waals surface area contributed by atoms with E-state index >= 15 is 0 Å². The summed E-state index contributed by atoms with van der Waals surface area (Å²) in [7, 11) is 0. The summed E-state index contributed by atoms with van der Waals surface area (Å²) in [4.78, 5) is 9.98. The summed E-state index contributed by atoms with van der Waals surface area (Å²) in [6.07, 6.45) is 12.0. The first-order valence-corrected chi connectivity index (χ1v) is 16.3. The molecule has 0 radical (unpaired) electrons. The first kappa shape index (κ1) is 29.2. The third kappa shape index (κ3) is 5.16. The highest BCUT2D eigenvalue weighted by Crippen LogP contribution is 2.43. The molecule has 0 N–H and O–H groups in total. The number of rotatable bonds is 6. The van der Waals surface area contributed by atoms with E-state index in [0.29, 0.717) is 5.84 Å². The van der Waals surface area contributed by atoms with Gasteiger partial charge < -0.3 is 8.98 Å². The van der Waals surface area contributed by atoms with E-state index in [9.17, 15) is 0 Å². The molecule has 0 spiro atoms. The molecule has 0 bridgehead atoms. The lowest BCUT2D eigenvalue weighted by molar-refractivity contribution is 0.671. The molecule has 0 saturated heterocycles. The predicted octanol–water partition coefficient (Wildman–Crippen LogP) is 11.0. The van der Waals surface area contributed by atoms with Crippen LogP contribution in [-0.4, -0.2) is 17.1 Å². The second kappa shape index (κ2) is 12.5. The van der Waals surface area contributed by atoms with Gasteiger partial charge in [-0.25, -0.2) is 9.98 Å². The summed E-state index contributed by atoms with van der Waals surface area (Å²) < 4.78 is 9.01. The summed E-state index contributed by atoms with van der Waals surface area (Å²) in [6.45, 7) is 6.24. The number of amidine groups is 1. The monoisotopic (exact) mass is 619 g/mol. The highest BCUT2D eigenvalue weighted by molar-refractivity contribution is 6.29. The third-order valence-corrected chi connectivity index (χ3v) is 8.97. The first-order valence-electron chi connectivity index (χ1n) is 16.3. The molecule has 230 valence electrons. The molecule has 0 saturated carbocycles. The van der Waals surface area contributed by atoms with E-state index in [1.807, 2.05) is 36.4 Å². The van der Waals surface area contributed by atoms with Crippen molar-refractivity contribution in [1.29, 1.82) is 0 Å². The van der Waals surface area contributed by atoms with Gasteiger partial charge in [-0.3, -0.25) is 0 Å². The van der Waals surface area contributed by atoms with Crippen LogP contribution in [0, 0.1) is 24.7 Å². The normalized spacial score (nSPS) is 15.8. The standard InChI is InChI=1S/C44H33N3O/c1-30-17-16-25-38-40(30)41-36(29-35-34-24-14-15-26-39(34)48-43(35)42(41)47(38)33-22-12-7-13-23-33)44(45-2)46-37(32-20-10-6-11-21-32)28-27-31-18-8-4-3-5-9-19-31/h3-4,6-8,10-18,20-26,28-29,31H,2,5,27H2,1H3/b4-3-,18-8?,37-28-,46-44?. The van der Waals surface area contributed by atoms with Crippen molar-refractivity contribution in [2.45, 2.75) is 19.8 Å². The fourth-order valence-electron chi connectivity index (χ4n) is 6.76. The van der Waals surface area contributed by atoms with Gasteiger partial charge in [-0.1, -0.05) is 121 Å². The van der Waals surface area contributed by atoms with Gasteiger partial charge in [0.15, 0.2) is 11.4 Å². The van der Waals surface area contributed by atoms with E-state index in [1.54, 1.807) is 0 Å². The molecule has 1 unspecified atom stereocenters. The van der Waals surface area contributed by atoms with Crippen molar-refractivity contribution in [3.8, 4) is 17.5 Å². The molecule has 4 heteroatoms. The van der Waals surface area contributed by atoms with E-state index in [-0.39, 0.29) is 5.92 Å². The number of hydrogen-bond donors (Lipinski definition) is 0. The van der Waals surface area contributed by atoms with Crippen LogP contribution in [0.1, 0.15) is 29.5 Å². The lowest BCUT2D eigenvalue weighted by atomic mass is 9.99. The van der Waals surface area contributed by atoms with Gasteiger partial charge in [0.25, 0.3) is 0 Å². The molecule has 0 aliphatic heterocycles. The molecule has 1 aliphatic carbocycles.